The van der Waals surface area contributed by atoms with Crippen LogP contribution in [-0.2, 0) is 6.54 Å². The number of halogens is 2. The zero-order chi connectivity index (χ0) is 16.2. The first kappa shape index (κ1) is 15.6. The third-order valence-corrected chi connectivity index (χ3v) is 4.09. The minimum absolute atomic E-state index is 0.455. The Morgan fingerprint density at radius 2 is 1.48 bits per heavy atom. The Bertz CT molecular complexity index is 662. The Morgan fingerprint density at radius 3 is 2.09 bits per heavy atom. The first-order valence-corrected chi connectivity index (χ1v) is 7.65. The van der Waals surface area contributed by atoms with E-state index in [1.54, 1.807) is 0 Å². The molecule has 1 fully saturated rings. The van der Waals surface area contributed by atoms with Gasteiger partial charge in [0.25, 0.3) is 5.91 Å². The van der Waals surface area contributed by atoms with Gasteiger partial charge >= 0.3 is 0 Å². The molecular weight excluding hydrogens is 298 g/mol. The third-order valence-electron chi connectivity index (χ3n) is 4.09. The van der Waals surface area contributed by atoms with Gasteiger partial charge in [-0.3, -0.25) is 9.69 Å². The summed E-state index contributed by atoms with van der Waals surface area (Å²) in [5.41, 5.74) is 0.761. The largest absolute Gasteiger partial charge is 0.336 e. The second-order valence-electron chi connectivity index (χ2n) is 5.65. The second-order valence-corrected chi connectivity index (χ2v) is 5.65. The highest BCUT2D eigenvalue weighted by Gasteiger charge is 2.26. The SMILES string of the molecule is O=C(c1c(F)cccc1F)N1CCN(Cc2ccccc2)CC1. The topological polar surface area (TPSA) is 23.6 Å². The van der Waals surface area contributed by atoms with E-state index < -0.39 is 23.1 Å². The maximum Gasteiger partial charge on any atom is 0.259 e. The second kappa shape index (κ2) is 6.87. The summed E-state index contributed by atoms with van der Waals surface area (Å²) in [4.78, 5) is 16.1. The molecule has 0 bridgehead atoms. The van der Waals surface area contributed by atoms with Gasteiger partial charge in [-0.1, -0.05) is 36.4 Å². The monoisotopic (exact) mass is 316 g/mol. The van der Waals surface area contributed by atoms with Crippen molar-refractivity contribution in [2.45, 2.75) is 6.54 Å². The van der Waals surface area contributed by atoms with Crippen molar-refractivity contribution in [1.29, 1.82) is 0 Å². The fraction of sp³-hybridized carbons (Fsp3) is 0.278. The van der Waals surface area contributed by atoms with E-state index in [0.29, 0.717) is 26.2 Å². The van der Waals surface area contributed by atoms with Gasteiger partial charge in [0.15, 0.2) is 0 Å². The van der Waals surface area contributed by atoms with Crippen LogP contribution >= 0.6 is 0 Å². The summed E-state index contributed by atoms with van der Waals surface area (Å²) in [5.74, 6) is -2.18. The molecule has 0 aliphatic carbocycles. The van der Waals surface area contributed by atoms with Crippen LogP contribution in [0.2, 0.25) is 0 Å². The van der Waals surface area contributed by atoms with Crippen molar-refractivity contribution < 1.29 is 13.6 Å². The summed E-state index contributed by atoms with van der Waals surface area (Å²) in [6.07, 6.45) is 0. The zero-order valence-corrected chi connectivity index (χ0v) is 12.7. The molecule has 0 saturated carbocycles. The van der Waals surface area contributed by atoms with Crippen LogP contribution in [-0.4, -0.2) is 41.9 Å². The number of benzene rings is 2. The van der Waals surface area contributed by atoms with Crippen LogP contribution in [0.5, 0.6) is 0 Å². The Hall–Kier alpha value is -2.27. The Balaban J connectivity index is 1.62. The predicted molar refractivity (Wildman–Crippen MR) is 84.0 cm³/mol. The highest BCUT2D eigenvalue weighted by molar-refractivity contribution is 5.94. The number of hydrogen-bond acceptors (Lipinski definition) is 2. The molecule has 1 amide bonds. The van der Waals surface area contributed by atoms with Crippen LogP contribution in [0, 0.1) is 11.6 Å². The van der Waals surface area contributed by atoms with Gasteiger partial charge in [0.05, 0.1) is 0 Å². The van der Waals surface area contributed by atoms with Crippen molar-refractivity contribution in [3.05, 3.63) is 71.3 Å². The molecule has 0 aromatic heterocycles. The first-order chi connectivity index (χ1) is 11.1. The van der Waals surface area contributed by atoms with E-state index in [1.807, 2.05) is 18.2 Å². The van der Waals surface area contributed by atoms with Crippen molar-refractivity contribution in [2.24, 2.45) is 0 Å². The molecule has 0 radical (unpaired) electrons. The highest BCUT2D eigenvalue weighted by atomic mass is 19.1. The molecule has 0 spiro atoms. The van der Waals surface area contributed by atoms with E-state index >= 15 is 0 Å². The number of hydrogen-bond donors (Lipinski definition) is 0. The van der Waals surface area contributed by atoms with Gasteiger partial charge in [-0.05, 0) is 17.7 Å². The molecule has 1 heterocycles. The quantitative estimate of drug-likeness (QED) is 0.869. The summed E-state index contributed by atoms with van der Waals surface area (Å²) in [6, 6.07) is 13.6. The van der Waals surface area contributed by atoms with Crippen LogP contribution in [0.1, 0.15) is 15.9 Å². The molecule has 120 valence electrons. The summed E-state index contributed by atoms with van der Waals surface area (Å²) in [6.45, 7) is 3.14. The fourth-order valence-electron chi connectivity index (χ4n) is 2.81. The lowest BCUT2D eigenvalue weighted by atomic mass is 10.1. The fourth-order valence-corrected chi connectivity index (χ4v) is 2.81. The van der Waals surface area contributed by atoms with Gasteiger partial charge in [0.2, 0.25) is 0 Å². The van der Waals surface area contributed by atoms with E-state index in [1.165, 1.54) is 16.5 Å². The van der Waals surface area contributed by atoms with E-state index in [-0.39, 0.29) is 0 Å². The molecule has 1 saturated heterocycles. The van der Waals surface area contributed by atoms with E-state index in [9.17, 15) is 13.6 Å². The van der Waals surface area contributed by atoms with Gasteiger partial charge in [-0.2, -0.15) is 0 Å². The molecule has 2 aromatic rings. The van der Waals surface area contributed by atoms with Crippen LogP contribution in [0.3, 0.4) is 0 Å². The summed E-state index contributed by atoms with van der Waals surface area (Å²) in [5, 5.41) is 0. The molecule has 2 aromatic carbocycles. The minimum Gasteiger partial charge on any atom is -0.336 e. The maximum atomic E-state index is 13.7. The number of piperazine rings is 1. The van der Waals surface area contributed by atoms with E-state index in [0.717, 1.165) is 18.7 Å². The molecule has 0 N–H and O–H groups in total. The summed E-state index contributed by atoms with van der Waals surface area (Å²) in [7, 11) is 0. The molecule has 0 atom stereocenters. The van der Waals surface area contributed by atoms with Gasteiger partial charge < -0.3 is 4.90 Å². The average Bonchev–Trinajstić information content (AvgIpc) is 2.56. The van der Waals surface area contributed by atoms with Crippen LogP contribution in [0.15, 0.2) is 48.5 Å². The maximum absolute atomic E-state index is 13.7. The van der Waals surface area contributed by atoms with E-state index in [4.69, 9.17) is 0 Å². The molecule has 3 rings (SSSR count). The normalized spacial score (nSPS) is 15.7. The Morgan fingerprint density at radius 1 is 0.870 bits per heavy atom. The van der Waals surface area contributed by atoms with Crippen molar-refractivity contribution in [3.8, 4) is 0 Å². The van der Waals surface area contributed by atoms with Crippen LogP contribution in [0.4, 0.5) is 8.78 Å². The van der Waals surface area contributed by atoms with Gasteiger partial charge in [-0.15, -0.1) is 0 Å². The average molecular weight is 316 g/mol. The van der Waals surface area contributed by atoms with Crippen LogP contribution in [0.25, 0.3) is 0 Å². The molecule has 1 aliphatic rings. The van der Waals surface area contributed by atoms with Crippen molar-refractivity contribution >= 4 is 5.91 Å². The predicted octanol–water partition coefficient (Wildman–Crippen LogP) is 2.92. The third kappa shape index (κ3) is 3.56. The first-order valence-electron chi connectivity index (χ1n) is 7.65. The van der Waals surface area contributed by atoms with Crippen molar-refractivity contribution in [3.63, 3.8) is 0 Å². The standard InChI is InChI=1S/C18H18F2N2O/c19-15-7-4-8-16(20)17(15)18(23)22-11-9-21(10-12-22)13-14-5-2-1-3-6-14/h1-8H,9-13H2. The lowest BCUT2D eigenvalue weighted by molar-refractivity contribution is 0.0619. The molecule has 1 aliphatic heterocycles. The summed E-state index contributed by atoms with van der Waals surface area (Å²) < 4.78 is 27.4. The molecule has 5 heteroatoms. The number of rotatable bonds is 3. The van der Waals surface area contributed by atoms with Gasteiger partial charge in [0.1, 0.15) is 17.2 Å². The minimum atomic E-state index is -0.804. The summed E-state index contributed by atoms with van der Waals surface area (Å²) >= 11 is 0. The number of nitrogens with zero attached hydrogens (tertiary/aromatic N) is 2. The van der Waals surface area contributed by atoms with Crippen molar-refractivity contribution in [2.75, 3.05) is 26.2 Å². The highest BCUT2D eigenvalue weighted by Crippen LogP contribution is 2.16. The molecule has 3 nitrogen and oxygen atoms in total. The lowest BCUT2D eigenvalue weighted by Crippen LogP contribution is -2.48. The molecule has 0 unspecified atom stereocenters. The number of amides is 1. The Labute approximate surface area is 134 Å². The molecule has 23 heavy (non-hydrogen) atoms. The van der Waals surface area contributed by atoms with E-state index in [2.05, 4.69) is 17.0 Å². The zero-order valence-electron chi connectivity index (χ0n) is 12.7. The number of carbonyl (C=O) groups excluding carboxylic acids is 1. The molecular formula is C18H18F2N2O. The lowest BCUT2D eigenvalue weighted by Gasteiger charge is -2.34. The Kier molecular flexibility index (Phi) is 4.67. The van der Waals surface area contributed by atoms with Crippen molar-refractivity contribution in [1.82, 2.24) is 9.80 Å². The van der Waals surface area contributed by atoms with Crippen LogP contribution < -0.4 is 0 Å². The van der Waals surface area contributed by atoms with Gasteiger partial charge in [0, 0.05) is 32.7 Å². The smallest absolute Gasteiger partial charge is 0.259 e. The number of carbonyl (C=O) groups is 1. The van der Waals surface area contributed by atoms with Gasteiger partial charge in [-0.25, -0.2) is 8.78 Å².